The molecule has 2 heterocycles. The molecule has 1 aromatic rings. The van der Waals surface area contributed by atoms with E-state index in [1.807, 2.05) is 12.1 Å². The van der Waals surface area contributed by atoms with Gasteiger partial charge in [-0.2, -0.15) is 0 Å². The van der Waals surface area contributed by atoms with E-state index in [-0.39, 0.29) is 12.2 Å². The molecule has 5 nitrogen and oxygen atoms in total. The number of rotatable bonds is 4. The molecule has 1 aromatic heterocycles. The fraction of sp³-hybridized carbons (Fsp3) is 0.500. The zero-order valence-corrected chi connectivity index (χ0v) is 11.3. The van der Waals surface area contributed by atoms with Gasteiger partial charge in [0.25, 0.3) is 0 Å². The molecule has 2 atom stereocenters. The summed E-state index contributed by atoms with van der Waals surface area (Å²) in [6.07, 6.45) is 1.79. The summed E-state index contributed by atoms with van der Waals surface area (Å²) in [5.41, 5.74) is 7.28. The molecule has 2 N–H and O–H groups in total. The van der Waals surface area contributed by atoms with Crippen LogP contribution >= 0.6 is 12.2 Å². The number of nitrogens with two attached hydrogens (primary N) is 1. The third-order valence-corrected chi connectivity index (χ3v) is 3.37. The van der Waals surface area contributed by atoms with E-state index in [0.717, 1.165) is 18.8 Å². The lowest BCUT2D eigenvalue weighted by atomic mass is 10.2. The Balaban J connectivity index is 2.26. The Bertz CT molecular complexity index is 429. The second-order valence-corrected chi connectivity index (χ2v) is 4.63. The van der Waals surface area contributed by atoms with Crippen LogP contribution in [0, 0.1) is 0 Å². The number of hydrogen-bond donors (Lipinski definition) is 1. The lowest BCUT2D eigenvalue weighted by Crippen LogP contribution is -2.27. The summed E-state index contributed by atoms with van der Waals surface area (Å²) < 4.78 is 10.8. The van der Waals surface area contributed by atoms with E-state index in [1.165, 1.54) is 0 Å². The number of ether oxygens (including phenoxy) is 2. The predicted octanol–water partition coefficient (Wildman–Crippen LogP) is 0.566. The van der Waals surface area contributed by atoms with Crippen LogP contribution in [-0.4, -0.2) is 49.5 Å². The van der Waals surface area contributed by atoms with Crippen molar-refractivity contribution in [3.8, 4) is 0 Å². The largest absolute Gasteiger partial charge is 0.388 e. The van der Waals surface area contributed by atoms with Gasteiger partial charge in [0.2, 0.25) is 0 Å². The van der Waals surface area contributed by atoms with E-state index in [9.17, 15) is 0 Å². The quantitative estimate of drug-likeness (QED) is 0.805. The fourth-order valence-electron chi connectivity index (χ4n) is 2.24. The smallest absolute Gasteiger partial charge is 0.124 e. The topological polar surface area (TPSA) is 60.6 Å². The van der Waals surface area contributed by atoms with Gasteiger partial charge in [-0.05, 0) is 12.1 Å². The number of methoxy groups -OCH3 is 2. The summed E-state index contributed by atoms with van der Waals surface area (Å²) >= 11 is 5.03. The van der Waals surface area contributed by atoms with Crippen molar-refractivity contribution in [1.82, 2.24) is 4.98 Å². The molecule has 1 fully saturated rings. The Hall–Kier alpha value is -1.24. The summed E-state index contributed by atoms with van der Waals surface area (Å²) in [4.78, 5) is 6.68. The third-order valence-electron chi connectivity index (χ3n) is 3.18. The Kier molecular flexibility index (Phi) is 4.11. The van der Waals surface area contributed by atoms with Crippen LogP contribution in [0.25, 0.3) is 0 Å². The molecule has 0 aromatic carbocycles. The van der Waals surface area contributed by atoms with Crippen LogP contribution in [0.5, 0.6) is 0 Å². The average molecular weight is 267 g/mol. The van der Waals surface area contributed by atoms with Crippen molar-refractivity contribution in [2.75, 3.05) is 32.2 Å². The maximum Gasteiger partial charge on any atom is 0.124 e. The van der Waals surface area contributed by atoms with Crippen LogP contribution in [-0.2, 0) is 9.47 Å². The van der Waals surface area contributed by atoms with Crippen LogP contribution in [0.15, 0.2) is 18.3 Å². The van der Waals surface area contributed by atoms with Crippen molar-refractivity contribution in [1.29, 1.82) is 0 Å². The normalized spacial score (nSPS) is 23.3. The van der Waals surface area contributed by atoms with E-state index in [4.69, 9.17) is 27.4 Å². The van der Waals surface area contributed by atoms with Gasteiger partial charge in [0.15, 0.2) is 0 Å². The van der Waals surface area contributed by atoms with Crippen molar-refractivity contribution in [3.63, 3.8) is 0 Å². The van der Waals surface area contributed by atoms with Crippen LogP contribution in [0.2, 0.25) is 0 Å². The third kappa shape index (κ3) is 2.45. The Morgan fingerprint density at radius 1 is 1.39 bits per heavy atom. The summed E-state index contributed by atoms with van der Waals surface area (Å²) in [5, 5.41) is 0. The van der Waals surface area contributed by atoms with E-state index < -0.39 is 0 Å². The number of nitrogens with zero attached hydrogens (tertiary/aromatic N) is 2. The van der Waals surface area contributed by atoms with Gasteiger partial charge in [0.1, 0.15) is 22.9 Å². The molecule has 1 saturated heterocycles. The van der Waals surface area contributed by atoms with Crippen LogP contribution in [0.3, 0.4) is 0 Å². The Labute approximate surface area is 112 Å². The highest BCUT2D eigenvalue weighted by molar-refractivity contribution is 7.80. The molecule has 0 amide bonds. The zero-order chi connectivity index (χ0) is 13.1. The number of pyridine rings is 1. The molecule has 0 aliphatic carbocycles. The summed E-state index contributed by atoms with van der Waals surface area (Å²) in [7, 11) is 3.38. The Morgan fingerprint density at radius 3 is 2.50 bits per heavy atom. The minimum atomic E-state index is 0.0504. The SMILES string of the molecule is COC1CN(c2cccnc2C(N)=S)CC1OC. The number of aromatic nitrogens is 1. The van der Waals surface area contributed by atoms with Crippen LogP contribution in [0.4, 0.5) is 5.69 Å². The second kappa shape index (κ2) is 5.60. The first kappa shape index (κ1) is 13.2. The van der Waals surface area contributed by atoms with Crippen molar-refractivity contribution in [2.45, 2.75) is 12.2 Å². The molecule has 0 bridgehead atoms. The second-order valence-electron chi connectivity index (χ2n) is 4.19. The van der Waals surface area contributed by atoms with Gasteiger partial charge in [0, 0.05) is 33.5 Å². The van der Waals surface area contributed by atoms with Gasteiger partial charge in [0.05, 0.1) is 5.69 Å². The van der Waals surface area contributed by atoms with Crippen molar-refractivity contribution in [3.05, 3.63) is 24.0 Å². The maximum atomic E-state index is 5.70. The van der Waals surface area contributed by atoms with E-state index >= 15 is 0 Å². The predicted molar refractivity (Wildman–Crippen MR) is 73.9 cm³/mol. The van der Waals surface area contributed by atoms with Gasteiger partial charge in [-0.15, -0.1) is 0 Å². The van der Waals surface area contributed by atoms with E-state index in [2.05, 4.69) is 9.88 Å². The maximum absolute atomic E-state index is 5.70. The fourth-order valence-corrected chi connectivity index (χ4v) is 2.39. The summed E-state index contributed by atoms with van der Waals surface area (Å²) in [6.45, 7) is 1.49. The molecule has 0 saturated carbocycles. The molecular weight excluding hydrogens is 250 g/mol. The number of thiocarbonyl (C=S) groups is 1. The van der Waals surface area contributed by atoms with Crippen LogP contribution < -0.4 is 10.6 Å². The van der Waals surface area contributed by atoms with Gasteiger partial charge in [-0.25, -0.2) is 0 Å². The standard InChI is InChI=1S/C12H17N3O2S/c1-16-9-6-15(7-10(9)17-2)8-4-3-5-14-11(8)12(13)18/h3-5,9-10H,6-7H2,1-2H3,(H2,13,18). The van der Waals surface area contributed by atoms with Crippen molar-refractivity contribution >= 4 is 22.9 Å². The Morgan fingerprint density at radius 2 is 2.00 bits per heavy atom. The zero-order valence-electron chi connectivity index (χ0n) is 10.5. The highest BCUT2D eigenvalue weighted by atomic mass is 32.1. The lowest BCUT2D eigenvalue weighted by Gasteiger charge is -2.20. The van der Waals surface area contributed by atoms with Gasteiger partial charge >= 0.3 is 0 Å². The van der Waals surface area contributed by atoms with Crippen LogP contribution in [0.1, 0.15) is 5.69 Å². The molecule has 1 aliphatic heterocycles. The molecule has 18 heavy (non-hydrogen) atoms. The lowest BCUT2D eigenvalue weighted by molar-refractivity contribution is -0.00461. The minimum absolute atomic E-state index is 0.0504. The average Bonchev–Trinajstić information content (AvgIpc) is 2.81. The first-order chi connectivity index (χ1) is 8.67. The molecule has 0 spiro atoms. The number of anilines is 1. The molecule has 2 rings (SSSR count). The van der Waals surface area contributed by atoms with Crippen molar-refractivity contribution < 1.29 is 9.47 Å². The minimum Gasteiger partial charge on any atom is -0.388 e. The van der Waals surface area contributed by atoms with Gasteiger partial charge in [-0.1, -0.05) is 12.2 Å². The monoisotopic (exact) mass is 267 g/mol. The van der Waals surface area contributed by atoms with E-state index in [1.54, 1.807) is 20.4 Å². The van der Waals surface area contributed by atoms with Gasteiger partial charge in [-0.3, -0.25) is 4.98 Å². The first-order valence-corrected chi connectivity index (χ1v) is 6.13. The molecule has 2 unspecified atom stereocenters. The first-order valence-electron chi connectivity index (χ1n) is 5.72. The van der Waals surface area contributed by atoms with Crippen molar-refractivity contribution in [2.24, 2.45) is 5.73 Å². The highest BCUT2D eigenvalue weighted by Crippen LogP contribution is 2.25. The summed E-state index contributed by atoms with van der Waals surface area (Å²) in [5.74, 6) is 0. The molecular formula is C12H17N3O2S. The highest BCUT2D eigenvalue weighted by Gasteiger charge is 2.34. The summed E-state index contributed by atoms with van der Waals surface area (Å²) in [6, 6.07) is 3.84. The van der Waals surface area contributed by atoms with E-state index in [0.29, 0.717) is 10.7 Å². The molecule has 1 aliphatic rings. The molecule has 98 valence electrons. The molecule has 0 radical (unpaired) electrons. The molecule has 6 heteroatoms. The van der Waals surface area contributed by atoms with Gasteiger partial charge < -0.3 is 20.1 Å². The number of hydrogen-bond acceptors (Lipinski definition) is 5.